The van der Waals surface area contributed by atoms with Crippen molar-refractivity contribution < 1.29 is 24.2 Å². The van der Waals surface area contributed by atoms with Crippen molar-refractivity contribution in [3.8, 4) is 5.75 Å². The smallest absolute Gasteiger partial charge is 0.338 e. The van der Waals surface area contributed by atoms with Gasteiger partial charge in [-0.15, -0.1) is 0 Å². The molecule has 2 unspecified atom stereocenters. The summed E-state index contributed by atoms with van der Waals surface area (Å²) in [7, 11) is 0. The Kier molecular flexibility index (Phi) is 5.23. The fraction of sp³-hybridized carbons (Fsp3) is 0.444. The Hall–Kier alpha value is -2.54. The minimum absolute atomic E-state index is 0.0652. The first-order chi connectivity index (χ1) is 12.1. The van der Waals surface area contributed by atoms with Gasteiger partial charge in [-0.2, -0.15) is 0 Å². The number of carbonyl (C=O) groups is 2. The quantitative estimate of drug-likeness (QED) is 0.710. The SMILES string of the molecule is CCC1=C(C(=O)OCC2CCCO2)C(c2cccc(O)c2)NC(=O)N1. The van der Waals surface area contributed by atoms with Gasteiger partial charge in [0.1, 0.15) is 12.4 Å². The Morgan fingerprint density at radius 1 is 1.44 bits per heavy atom. The number of hydrogen-bond acceptors (Lipinski definition) is 5. The number of amides is 2. The molecule has 7 heteroatoms. The normalized spacial score (nSPS) is 23.2. The first kappa shape index (κ1) is 17.3. The van der Waals surface area contributed by atoms with E-state index in [0.717, 1.165) is 12.8 Å². The molecule has 3 rings (SSSR count). The summed E-state index contributed by atoms with van der Waals surface area (Å²) < 4.78 is 10.9. The third-order valence-corrected chi connectivity index (χ3v) is 4.35. The molecule has 2 atom stereocenters. The van der Waals surface area contributed by atoms with E-state index in [0.29, 0.717) is 29.9 Å². The van der Waals surface area contributed by atoms with E-state index in [-0.39, 0.29) is 24.5 Å². The Balaban J connectivity index is 1.86. The second-order valence-corrected chi connectivity index (χ2v) is 6.11. The van der Waals surface area contributed by atoms with E-state index in [4.69, 9.17) is 9.47 Å². The van der Waals surface area contributed by atoms with Crippen LogP contribution < -0.4 is 10.6 Å². The first-order valence-corrected chi connectivity index (χ1v) is 8.46. The number of aromatic hydroxyl groups is 1. The van der Waals surface area contributed by atoms with E-state index in [1.807, 2.05) is 6.92 Å². The molecule has 134 valence electrons. The molecular weight excluding hydrogens is 324 g/mol. The maximum Gasteiger partial charge on any atom is 0.338 e. The van der Waals surface area contributed by atoms with Gasteiger partial charge in [0.15, 0.2) is 0 Å². The van der Waals surface area contributed by atoms with E-state index in [9.17, 15) is 14.7 Å². The molecule has 1 aromatic carbocycles. The van der Waals surface area contributed by atoms with Gasteiger partial charge >= 0.3 is 12.0 Å². The second-order valence-electron chi connectivity index (χ2n) is 6.11. The molecule has 0 aromatic heterocycles. The monoisotopic (exact) mass is 346 g/mol. The summed E-state index contributed by atoms with van der Waals surface area (Å²) in [6, 6.07) is 5.41. The summed E-state index contributed by atoms with van der Waals surface area (Å²) in [5.41, 5.74) is 1.49. The van der Waals surface area contributed by atoms with Crippen molar-refractivity contribution >= 4 is 12.0 Å². The van der Waals surface area contributed by atoms with Gasteiger partial charge in [0, 0.05) is 12.3 Å². The number of carbonyl (C=O) groups excluding carboxylic acids is 2. The lowest BCUT2D eigenvalue weighted by molar-refractivity contribution is -0.142. The minimum Gasteiger partial charge on any atom is -0.508 e. The number of benzene rings is 1. The number of phenols is 1. The van der Waals surface area contributed by atoms with Crippen LogP contribution in [-0.4, -0.2) is 36.4 Å². The number of phenolic OH excluding ortho intramolecular Hbond substituents is 1. The van der Waals surface area contributed by atoms with Crippen LogP contribution in [0, 0.1) is 0 Å². The van der Waals surface area contributed by atoms with Gasteiger partial charge in [-0.25, -0.2) is 9.59 Å². The van der Waals surface area contributed by atoms with Crippen LogP contribution in [-0.2, 0) is 14.3 Å². The molecule has 2 aliphatic heterocycles. The van der Waals surface area contributed by atoms with Crippen molar-refractivity contribution in [3.05, 3.63) is 41.1 Å². The number of esters is 1. The van der Waals surface area contributed by atoms with Crippen LogP contribution in [0.1, 0.15) is 37.8 Å². The summed E-state index contributed by atoms with van der Waals surface area (Å²) in [5.74, 6) is -0.427. The fourth-order valence-electron chi connectivity index (χ4n) is 3.11. The van der Waals surface area contributed by atoms with Crippen LogP contribution in [0.15, 0.2) is 35.5 Å². The van der Waals surface area contributed by atoms with Gasteiger partial charge in [0.2, 0.25) is 0 Å². The molecule has 1 saturated heterocycles. The van der Waals surface area contributed by atoms with Gasteiger partial charge in [-0.05, 0) is 37.0 Å². The molecule has 1 aromatic rings. The van der Waals surface area contributed by atoms with Crippen LogP contribution in [0.5, 0.6) is 5.75 Å². The molecular formula is C18H22N2O5. The van der Waals surface area contributed by atoms with Gasteiger partial charge < -0.3 is 25.2 Å². The molecule has 1 fully saturated rings. The molecule has 0 spiro atoms. The molecule has 0 aliphatic carbocycles. The van der Waals surface area contributed by atoms with E-state index >= 15 is 0 Å². The largest absolute Gasteiger partial charge is 0.508 e. The maximum atomic E-state index is 12.7. The van der Waals surface area contributed by atoms with Crippen molar-refractivity contribution in [2.45, 2.75) is 38.3 Å². The summed E-state index contributed by atoms with van der Waals surface area (Å²) in [4.78, 5) is 24.7. The highest BCUT2D eigenvalue weighted by Crippen LogP contribution is 2.30. The standard InChI is InChI=1S/C18H22N2O5/c1-2-14-15(17(22)25-10-13-7-4-8-24-13)16(20-18(23)19-14)11-5-3-6-12(21)9-11/h3,5-6,9,13,16,21H,2,4,7-8,10H2,1H3,(H2,19,20,23). The summed E-state index contributed by atoms with van der Waals surface area (Å²) in [6.45, 7) is 2.74. The third kappa shape index (κ3) is 3.93. The first-order valence-electron chi connectivity index (χ1n) is 8.46. The van der Waals surface area contributed by atoms with E-state index < -0.39 is 12.0 Å². The predicted molar refractivity (Wildman–Crippen MR) is 89.8 cm³/mol. The zero-order valence-corrected chi connectivity index (χ0v) is 14.1. The van der Waals surface area contributed by atoms with Crippen LogP contribution in [0.4, 0.5) is 4.79 Å². The Morgan fingerprint density at radius 2 is 2.28 bits per heavy atom. The van der Waals surface area contributed by atoms with Crippen molar-refractivity contribution in [2.75, 3.05) is 13.2 Å². The fourth-order valence-corrected chi connectivity index (χ4v) is 3.11. The van der Waals surface area contributed by atoms with Crippen molar-refractivity contribution in [1.82, 2.24) is 10.6 Å². The molecule has 2 aliphatic rings. The average molecular weight is 346 g/mol. The van der Waals surface area contributed by atoms with Crippen molar-refractivity contribution in [1.29, 1.82) is 0 Å². The molecule has 2 heterocycles. The zero-order chi connectivity index (χ0) is 17.8. The molecule has 0 saturated carbocycles. The lowest BCUT2D eigenvalue weighted by Gasteiger charge is -2.29. The van der Waals surface area contributed by atoms with Crippen LogP contribution >= 0.6 is 0 Å². The third-order valence-electron chi connectivity index (χ3n) is 4.35. The molecule has 25 heavy (non-hydrogen) atoms. The van der Waals surface area contributed by atoms with Gasteiger partial charge in [-0.1, -0.05) is 19.1 Å². The summed E-state index contributed by atoms with van der Waals surface area (Å²) >= 11 is 0. The number of hydrogen-bond donors (Lipinski definition) is 3. The number of ether oxygens (including phenoxy) is 2. The maximum absolute atomic E-state index is 12.7. The molecule has 0 radical (unpaired) electrons. The predicted octanol–water partition coefficient (Wildman–Crippen LogP) is 2.13. The number of nitrogens with one attached hydrogen (secondary N) is 2. The number of allylic oxidation sites excluding steroid dienone is 1. The van der Waals surface area contributed by atoms with E-state index in [1.54, 1.807) is 12.1 Å². The highest BCUT2D eigenvalue weighted by atomic mass is 16.6. The van der Waals surface area contributed by atoms with E-state index in [2.05, 4.69) is 10.6 Å². The molecule has 2 amide bonds. The zero-order valence-electron chi connectivity index (χ0n) is 14.1. The Labute approximate surface area is 146 Å². The van der Waals surface area contributed by atoms with Crippen LogP contribution in [0.25, 0.3) is 0 Å². The van der Waals surface area contributed by atoms with Gasteiger partial charge in [-0.3, -0.25) is 0 Å². The Morgan fingerprint density at radius 3 is 2.96 bits per heavy atom. The second kappa shape index (κ2) is 7.57. The molecule has 3 N–H and O–H groups in total. The highest BCUT2D eigenvalue weighted by molar-refractivity contribution is 5.95. The van der Waals surface area contributed by atoms with Gasteiger partial charge in [0.25, 0.3) is 0 Å². The summed E-state index contributed by atoms with van der Waals surface area (Å²) in [5, 5.41) is 15.1. The lowest BCUT2D eigenvalue weighted by atomic mass is 9.94. The van der Waals surface area contributed by atoms with Crippen LogP contribution in [0.2, 0.25) is 0 Å². The molecule has 0 bridgehead atoms. The van der Waals surface area contributed by atoms with Crippen molar-refractivity contribution in [2.24, 2.45) is 0 Å². The lowest BCUT2D eigenvalue weighted by Crippen LogP contribution is -2.46. The van der Waals surface area contributed by atoms with Crippen LogP contribution in [0.3, 0.4) is 0 Å². The van der Waals surface area contributed by atoms with E-state index in [1.165, 1.54) is 12.1 Å². The topological polar surface area (TPSA) is 96.9 Å². The highest BCUT2D eigenvalue weighted by Gasteiger charge is 2.33. The molecule has 7 nitrogen and oxygen atoms in total. The average Bonchev–Trinajstić information content (AvgIpc) is 3.12. The van der Waals surface area contributed by atoms with Gasteiger partial charge in [0.05, 0.1) is 17.7 Å². The number of rotatable bonds is 5. The minimum atomic E-state index is -0.673. The van der Waals surface area contributed by atoms with Crippen molar-refractivity contribution in [3.63, 3.8) is 0 Å². The Bertz CT molecular complexity index is 694. The number of urea groups is 1. The summed E-state index contributed by atoms with van der Waals surface area (Å²) in [6.07, 6.45) is 2.25.